The van der Waals surface area contributed by atoms with Gasteiger partial charge in [-0.1, -0.05) is 107 Å². The van der Waals surface area contributed by atoms with E-state index in [-0.39, 0.29) is 5.41 Å². The van der Waals surface area contributed by atoms with Gasteiger partial charge in [-0.3, -0.25) is 4.98 Å². The van der Waals surface area contributed by atoms with Crippen LogP contribution in [0.15, 0.2) is 103 Å². The van der Waals surface area contributed by atoms with Gasteiger partial charge in [-0.25, -0.2) is 0 Å². The van der Waals surface area contributed by atoms with E-state index in [1.807, 2.05) is 6.20 Å². The van der Waals surface area contributed by atoms with Crippen LogP contribution >= 0.6 is 0 Å². The maximum absolute atomic E-state index is 4.90. The molecule has 0 radical (unpaired) electrons. The van der Waals surface area contributed by atoms with E-state index in [1.54, 1.807) is 0 Å². The number of nitrogens with zero attached hydrogens (tertiary/aromatic N) is 1. The molecule has 0 bridgehead atoms. The van der Waals surface area contributed by atoms with Crippen LogP contribution < -0.4 is 0 Å². The minimum atomic E-state index is -0.112. The Hall–Kier alpha value is -3.97. The lowest BCUT2D eigenvalue weighted by molar-refractivity contribution is 0.706. The Bertz CT molecular complexity index is 1610. The van der Waals surface area contributed by atoms with E-state index < -0.39 is 0 Å². The van der Waals surface area contributed by atoms with Gasteiger partial charge in [0.15, 0.2) is 0 Å². The molecular formula is C35H31N. The molecule has 1 aliphatic rings. The zero-order valence-corrected chi connectivity index (χ0v) is 21.4. The third-order valence-corrected chi connectivity index (χ3v) is 7.67. The lowest BCUT2D eigenvalue weighted by Crippen LogP contribution is -2.17. The average molecular weight is 466 g/mol. The van der Waals surface area contributed by atoms with Gasteiger partial charge in [-0.2, -0.15) is 0 Å². The van der Waals surface area contributed by atoms with Gasteiger partial charge in [-0.05, 0) is 74.5 Å². The van der Waals surface area contributed by atoms with Crippen LogP contribution in [0.5, 0.6) is 0 Å². The summed E-state index contributed by atoms with van der Waals surface area (Å²) in [6, 6.07) is 35.2. The molecule has 4 aromatic carbocycles. The summed E-state index contributed by atoms with van der Waals surface area (Å²) in [5.74, 6) is 0.500. The molecule has 0 aliphatic heterocycles. The molecule has 36 heavy (non-hydrogen) atoms. The summed E-state index contributed by atoms with van der Waals surface area (Å²) in [4.78, 5) is 4.90. The second-order valence-electron chi connectivity index (χ2n) is 10.7. The fraction of sp³-hybridized carbons (Fsp3) is 0.171. The quantitative estimate of drug-likeness (QED) is 0.257. The first-order valence-electron chi connectivity index (χ1n) is 12.8. The highest BCUT2D eigenvalue weighted by Gasteiger charge is 2.36. The highest BCUT2D eigenvalue weighted by atomic mass is 14.7. The maximum atomic E-state index is 4.90. The Morgan fingerprint density at radius 2 is 1.39 bits per heavy atom. The zero-order chi connectivity index (χ0) is 24.9. The summed E-state index contributed by atoms with van der Waals surface area (Å²) in [6.45, 7) is 9.20. The molecule has 1 heteroatoms. The number of pyridine rings is 1. The largest absolute Gasteiger partial charge is 0.256 e. The van der Waals surface area contributed by atoms with Crippen molar-refractivity contribution in [3.05, 3.63) is 126 Å². The predicted molar refractivity (Wildman–Crippen MR) is 154 cm³/mol. The van der Waals surface area contributed by atoms with E-state index in [1.165, 1.54) is 49.7 Å². The SMILES string of the molecule is CC(C)c1ccc2c(-c3cc4c(c(-c5ccccc5)c3)C(C)(C)C(c3ccccc3)=C4)nccc2c1. The minimum Gasteiger partial charge on any atom is -0.256 e. The summed E-state index contributed by atoms with van der Waals surface area (Å²) >= 11 is 0. The average Bonchev–Trinajstić information content (AvgIpc) is 3.18. The van der Waals surface area contributed by atoms with Gasteiger partial charge in [0, 0.05) is 22.6 Å². The van der Waals surface area contributed by atoms with Crippen LogP contribution in [0, 0.1) is 0 Å². The fourth-order valence-electron chi connectivity index (χ4n) is 5.78. The number of rotatable bonds is 4. The molecule has 0 fully saturated rings. The maximum Gasteiger partial charge on any atom is 0.0780 e. The highest BCUT2D eigenvalue weighted by Crippen LogP contribution is 2.51. The van der Waals surface area contributed by atoms with Crippen molar-refractivity contribution >= 4 is 22.4 Å². The van der Waals surface area contributed by atoms with Gasteiger partial charge in [-0.15, -0.1) is 0 Å². The summed E-state index contributed by atoms with van der Waals surface area (Å²) in [5, 5.41) is 2.44. The Balaban J connectivity index is 1.61. The first-order valence-corrected chi connectivity index (χ1v) is 12.8. The monoisotopic (exact) mass is 465 g/mol. The molecule has 6 rings (SSSR count). The number of aromatic nitrogens is 1. The van der Waals surface area contributed by atoms with Gasteiger partial charge in [0.1, 0.15) is 0 Å². The molecular weight excluding hydrogens is 434 g/mol. The summed E-state index contributed by atoms with van der Waals surface area (Å²) in [6.07, 6.45) is 4.34. The summed E-state index contributed by atoms with van der Waals surface area (Å²) in [5.41, 5.74) is 11.3. The van der Waals surface area contributed by atoms with Crippen molar-refractivity contribution in [3.63, 3.8) is 0 Å². The fourth-order valence-corrected chi connectivity index (χ4v) is 5.78. The van der Waals surface area contributed by atoms with Crippen molar-refractivity contribution in [3.8, 4) is 22.4 Å². The van der Waals surface area contributed by atoms with E-state index in [0.29, 0.717) is 5.92 Å². The smallest absolute Gasteiger partial charge is 0.0780 e. The molecule has 0 N–H and O–H groups in total. The Morgan fingerprint density at radius 1 is 0.694 bits per heavy atom. The van der Waals surface area contributed by atoms with Crippen molar-refractivity contribution in [1.82, 2.24) is 4.98 Å². The summed E-state index contributed by atoms with van der Waals surface area (Å²) < 4.78 is 0. The van der Waals surface area contributed by atoms with Crippen molar-refractivity contribution in [1.29, 1.82) is 0 Å². The molecule has 0 atom stereocenters. The number of hydrogen-bond donors (Lipinski definition) is 0. The van der Waals surface area contributed by atoms with Crippen molar-refractivity contribution in [2.75, 3.05) is 0 Å². The van der Waals surface area contributed by atoms with E-state index in [4.69, 9.17) is 4.98 Å². The molecule has 0 unspecified atom stereocenters. The summed E-state index contributed by atoms with van der Waals surface area (Å²) in [7, 11) is 0. The van der Waals surface area contributed by atoms with E-state index in [2.05, 4.69) is 131 Å². The minimum absolute atomic E-state index is 0.112. The molecule has 0 spiro atoms. The first kappa shape index (κ1) is 22.5. The van der Waals surface area contributed by atoms with Gasteiger partial charge in [0.25, 0.3) is 0 Å². The predicted octanol–water partition coefficient (Wildman–Crippen LogP) is 9.52. The van der Waals surface area contributed by atoms with Gasteiger partial charge in [0.2, 0.25) is 0 Å². The lowest BCUT2D eigenvalue weighted by atomic mass is 9.75. The molecule has 1 heterocycles. The second-order valence-corrected chi connectivity index (χ2v) is 10.7. The molecule has 0 saturated heterocycles. The molecule has 176 valence electrons. The van der Waals surface area contributed by atoms with E-state index >= 15 is 0 Å². The van der Waals surface area contributed by atoms with Crippen LogP contribution in [-0.2, 0) is 5.41 Å². The van der Waals surface area contributed by atoms with Crippen molar-refractivity contribution < 1.29 is 0 Å². The standard InChI is InChI=1S/C35H31N/c1-23(2)26-15-16-30-27(19-26)17-18-36-34(30)29-20-28-22-32(25-13-9-6-10-14-25)35(3,4)33(28)31(21-29)24-11-7-5-8-12-24/h5-23H,1-4H3. The Morgan fingerprint density at radius 3 is 2.08 bits per heavy atom. The van der Waals surface area contributed by atoms with Crippen molar-refractivity contribution in [2.24, 2.45) is 0 Å². The van der Waals surface area contributed by atoms with Gasteiger partial charge in [0.05, 0.1) is 5.69 Å². The number of fused-ring (bicyclic) bond motifs is 2. The number of hydrogen-bond acceptors (Lipinski definition) is 1. The van der Waals surface area contributed by atoms with Gasteiger partial charge < -0.3 is 0 Å². The van der Waals surface area contributed by atoms with Crippen LogP contribution in [-0.4, -0.2) is 4.98 Å². The van der Waals surface area contributed by atoms with Crippen LogP contribution in [0.1, 0.15) is 55.9 Å². The van der Waals surface area contributed by atoms with Crippen LogP contribution in [0.3, 0.4) is 0 Å². The topological polar surface area (TPSA) is 12.9 Å². The molecule has 5 aromatic rings. The Labute approximate surface area is 214 Å². The van der Waals surface area contributed by atoms with E-state index in [9.17, 15) is 0 Å². The number of benzene rings is 4. The highest BCUT2D eigenvalue weighted by molar-refractivity contribution is 6.01. The number of allylic oxidation sites excluding steroid dienone is 1. The first-order chi connectivity index (χ1) is 17.4. The molecule has 1 aliphatic carbocycles. The third-order valence-electron chi connectivity index (χ3n) is 7.67. The molecule has 1 nitrogen and oxygen atoms in total. The van der Waals surface area contributed by atoms with Crippen LogP contribution in [0.4, 0.5) is 0 Å². The van der Waals surface area contributed by atoms with E-state index in [0.717, 1.165) is 11.3 Å². The Kier molecular flexibility index (Phi) is 5.38. The zero-order valence-electron chi connectivity index (χ0n) is 21.4. The lowest BCUT2D eigenvalue weighted by Gasteiger charge is -2.28. The van der Waals surface area contributed by atoms with Crippen molar-refractivity contribution in [2.45, 2.75) is 39.0 Å². The van der Waals surface area contributed by atoms with Crippen LogP contribution in [0.2, 0.25) is 0 Å². The molecule has 1 aromatic heterocycles. The van der Waals surface area contributed by atoms with Crippen LogP contribution in [0.25, 0.3) is 44.8 Å². The van der Waals surface area contributed by atoms with Gasteiger partial charge >= 0.3 is 0 Å². The third kappa shape index (κ3) is 3.67. The normalized spacial score (nSPS) is 14.2. The second kappa shape index (κ2) is 8.60. The molecule has 0 saturated carbocycles. The molecule has 0 amide bonds.